The molecule has 3 aliphatic rings. The van der Waals surface area contributed by atoms with E-state index in [1.807, 2.05) is 0 Å². The van der Waals surface area contributed by atoms with Crippen molar-refractivity contribution in [3.63, 3.8) is 0 Å². The summed E-state index contributed by atoms with van der Waals surface area (Å²) < 4.78 is 89.0. The van der Waals surface area contributed by atoms with E-state index in [4.69, 9.17) is 13.5 Å². The van der Waals surface area contributed by atoms with Crippen LogP contribution in [-0.2, 0) is 29.2 Å². The Morgan fingerprint density at radius 3 is 2.60 bits per heavy atom. The van der Waals surface area contributed by atoms with Gasteiger partial charge in [-0.25, -0.2) is 4.18 Å². The second-order valence-corrected chi connectivity index (χ2v) is 8.78. The molecule has 4 unspecified atom stereocenters. The van der Waals surface area contributed by atoms with Crippen LogP contribution in [0.3, 0.4) is 0 Å². The zero-order valence-electron chi connectivity index (χ0n) is 10.0. The van der Waals surface area contributed by atoms with Crippen LogP contribution in [0, 0.1) is 11.8 Å². The molecule has 1 aliphatic heterocycles. The van der Waals surface area contributed by atoms with Crippen molar-refractivity contribution in [2.24, 2.45) is 11.8 Å². The molecule has 0 aromatic carbocycles. The van der Waals surface area contributed by atoms with E-state index in [1.54, 1.807) is 0 Å². The Morgan fingerprint density at radius 1 is 1.40 bits per heavy atom. The highest BCUT2D eigenvalue weighted by atomic mass is 32.2. The van der Waals surface area contributed by atoms with E-state index in [0.29, 0.717) is 12.8 Å². The molecule has 3 fully saturated rings. The quantitative estimate of drug-likeness (QED) is 0.583. The van der Waals surface area contributed by atoms with Gasteiger partial charge in [-0.1, -0.05) is 0 Å². The van der Waals surface area contributed by atoms with Crippen molar-refractivity contribution >= 4 is 20.2 Å². The topological polar surface area (TPSA) is 107 Å². The number of fused-ring (bicyclic) bond motifs is 1. The van der Waals surface area contributed by atoms with Gasteiger partial charge in [0.2, 0.25) is 0 Å². The summed E-state index contributed by atoms with van der Waals surface area (Å²) in [4.78, 5) is 0. The van der Waals surface area contributed by atoms with E-state index in [2.05, 4.69) is 0 Å². The number of alkyl halides is 2. The van der Waals surface area contributed by atoms with Gasteiger partial charge in [-0.05, 0) is 18.8 Å². The standard InChI is InChI=1S/C9H12F2O7S2/c10-9(11,20(14,15)16)4-17-8-3-5-1-6(8)7(2-5)19(12,13)18-8/h5-7H,1-4H2,(H,14,15,16). The molecule has 0 spiro atoms. The molecule has 1 N–H and O–H groups in total. The molecule has 1 heterocycles. The predicted octanol–water partition coefficient (Wildman–Crippen LogP) is 0.338. The Kier molecular flexibility index (Phi) is 2.83. The number of rotatable bonds is 4. The molecule has 2 saturated carbocycles. The zero-order chi connectivity index (χ0) is 15.0. The van der Waals surface area contributed by atoms with Crippen LogP contribution in [0.25, 0.3) is 0 Å². The zero-order valence-corrected chi connectivity index (χ0v) is 11.7. The van der Waals surface area contributed by atoms with E-state index in [-0.39, 0.29) is 12.3 Å². The van der Waals surface area contributed by atoms with Crippen LogP contribution in [0.5, 0.6) is 0 Å². The summed E-state index contributed by atoms with van der Waals surface area (Å²) in [5.74, 6) is -2.27. The SMILES string of the molecule is O=S1(=O)OC2(OCC(F)(F)S(=O)(=O)O)CC3CC2C1C3. The van der Waals surface area contributed by atoms with Crippen LogP contribution >= 0.6 is 0 Å². The summed E-state index contributed by atoms with van der Waals surface area (Å²) in [7, 11) is -9.50. The number of halogens is 2. The third-order valence-electron chi connectivity index (χ3n) is 4.23. The lowest BCUT2D eigenvalue weighted by Crippen LogP contribution is -2.44. The molecule has 2 bridgehead atoms. The molecular weight excluding hydrogens is 322 g/mol. The number of hydrogen-bond acceptors (Lipinski definition) is 6. The monoisotopic (exact) mass is 334 g/mol. The molecular formula is C9H12F2O7S2. The smallest absolute Gasteiger partial charge is 0.341 e. The van der Waals surface area contributed by atoms with E-state index >= 15 is 0 Å². The molecule has 20 heavy (non-hydrogen) atoms. The van der Waals surface area contributed by atoms with Gasteiger partial charge in [-0.3, -0.25) is 4.55 Å². The average molecular weight is 334 g/mol. The van der Waals surface area contributed by atoms with E-state index in [0.717, 1.165) is 0 Å². The number of ether oxygens (including phenoxy) is 1. The lowest BCUT2D eigenvalue weighted by atomic mass is 9.94. The van der Waals surface area contributed by atoms with E-state index in [9.17, 15) is 25.6 Å². The first-order valence-electron chi connectivity index (χ1n) is 5.90. The lowest BCUT2D eigenvalue weighted by molar-refractivity contribution is -0.216. The molecule has 2 aliphatic carbocycles. The molecule has 11 heteroatoms. The molecule has 4 atom stereocenters. The maximum absolute atomic E-state index is 13.2. The van der Waals surface area contributed by atoms with Gasteiger partial charge in [0.1, 0.15) is 6.61 Å². The molecule has 1 saturated heterocycles. The second kappa shape index (κ2) is 3.88. The number of hydrogen-bond donors (Lipinski definition) is 1. The summed E-state index contributed by atoms with van der Waals surface area (Å²) >= 11 is 0. The highest BCUT2D eigenvalue weighted by Gasteiger charge is 2.69. The summed E-state index contributed by atoms with van der Waals surface area (Å²) in [5.41, 5.74) is 0. The summed E-state index contributed by atoms with van der Waals surface area (Å²) in [6.45, 7) is -1.64. The Labute approximate surface area is 114 Å². The molecule has 0 radical (unpaired) electrons. The minimum atomic E-state index is -5.62. The molecule has 0 amide bonds. The van der Waals surface area contributed by atoms with Gasteiger partial charge in [0.15, 0.2) is 5.79 Å². The van der Waals surface area contributed by atoms with Crippen LogP contribution in [0.4, 0.5) is 8.78 Å². The average Bonchev–Trinajstić information content (AvgIpc) is 2.84. The van der Waals surface area contributed by atoms with Crippen molar-refractivity contribution in [1.29, 1.82) is 0 Å². The predicted molar refractivity (Wildman–Crippen MR) is 59.8 cm³/mol. The van der Waals surface area contributed by atoms with Crippen molar-refractivity contribution < 1.29 is 39.1 Å². The summed E-state index contributed by atoms with van der Waals surface area (Å²) in [5, 5.41) is -5.28. The molecule has 116 valence electrons. The first-order chi connectivity index (χ1) is 8.97. The van der Waals surface area contributed by atoms with Gasteiger partial charge in [0, 0.05) is 12.3 Å². The van der Waals surface area contributed by atoms with Crippen molar-refractivity contribution in [2.75, 3.05) is 6.61 Å². The van der Waals surface area contributed by atoms with Gasteiger partial charge in [-0.15, -0.1) is 0 Å². The second-order valence-electron chi connectivity index (χ2n) is 5.48. The van der Waals surface area contributed by atoms with Crippen molar-refractivity contribution in [3.05, 3.63) is 0 Å². The van der Waals surface area contributed by atoms with Crippen LogP contribution < -0.4 is 0 Å². The van der Waals surface area contributed by atoms with Crippen molar-refractivity contribution in [1.82, 2.24) is 0 Å². The highest BCUT2D eigenvalue weighted by molar-refractivity contribution is 7.87. The molecule has 0 aromatic rings. The molecule has 7 nitrogen and oxygen atoms in total. The fourth-order valence-corrected chi connectivity index (χ4v) is 5.62. The van der Waals surface area contributed by atoms with Crippen molar-refractivity contribution in [2.45, 2.75) is 35.6 Å². The van der Waals surface area contributed by atoms with Crippen LogP contribution in [0.15, 0.2) is 0 Å². The fourth-order valence-electron chi connectivity index (χ4n) is 3.43. The molecule has 0 aromatic heterocycles. The van der Waals surface area contributed by atoms with E-state index in [1.165, 1.54) is 0 Å². The third kappa shape index (κ3) is 1.90. The van der Waals surface area contributed by atoms with Gasteiger partial charge >= 0.3 is 15.4 Å². The third-order valence-corrected chi connectivity index (χ3v) is 6.88. The summed E-state index contributed by atoms with van der Waals surface area (Å²) in [6.07, 6.45) is 1.03. The van der Waals surface area contributed by atoms with Gasteiger partial charge in [-0.2, -0.15) is 25.6 Å². The molecule has 3 rings (SSSR count). The largest absolute Gasteiger partial charge is 0.392 e. The maximum atomic E-state index is 13.2. The van der Waals surface area contributed by atoms with Crippen molar-refractivity contribution in [3.8, 4) is 0 Å². The Morgan fingerprint density at radius 2 is 2.05 bits per heavy atom. The van der Waals surface area contributed by atoms with Crippen LogP contribution in [-0.4, -0.2) is 44.3 Å². The van der Waals surface area contributed by atoms with Gasteiger partial charge < -0.3 is 4.74 Å². The first kappa shape index (κ1) is 14.6. The lowest BCUT2D eigenvalue weighted by Gasteiger charge is -2.30. The van der Waals surface area contributed by atoms with E-state index < -0.39 is 49.1 Å². The fraction of sp³-hybridized carbons (Fsp3) is 1.00. The first-order valence-corrected chi connectivity index (χ1v) is 8.81. The summed E-state index contributed by atoms with van der Waals surface area (Å²) in [6, 6.07) is 0. The Hall–Kier alpha value is -0.360. The maximum Gasteiger partial charge on any atom is 0.392 e. The Balaban J connectivity index is 1.83. The normalized spacial score (nSPS) is 42.2. The van der Waals surface area contributed by atoms with Gasteiger partial charge in [0.05, 0.1) is 5.25 Å². The van der Waals surface area contributed by atoms with Gasteiger partial charge in [0.25, 0.3) is 10.1 Å². The Bertz CT molecular complexity index is 643. The highest BCUT2D eigenvalue weighted by Crippen LogP contribution is 2.61. The van der Waals surface area contributed by atoms with Crippen LogP contribution in [0.2, 0.25) is 0 Å². The minimum Gasteiger partial charge on any atom is -0.341 e. The minimum absolute atomic E-state index is 0.00151. The van der Waals surface area contributed by atoms with Crippen LogP contribution in [0.1, 0.15) is 19.3 Å².